The zero-order valence-electron chi connectivity index (χ0n) is 14.3. The van der Waals surface area contributed by atoms with E-state index in [9.17, 15) is 9.59 Å². The number of hydrogen-bond donors (Lipinski definition) is 1. The maximum absolute atomic E-state index is 11.5. The minimum Gasteiger partial charge on any atom is -0.497 e. The summed E-state index contributed by atoms with van der Waals surface area (Å²) in [6.45, 7) is 1.10. The topological polar surface area (TPSA) is 77.1 Å². The van der Waals surface area contributed by atoms with Crippen LogP contribution in [0.1, 0.15) is 5.56 Å². The van der Waals surface area contributed by atoms with Gasteiger partial charge in [0.25, 0.3) is 0 Å². The van der Waals surface area contributed by atoms with Crippen molar-refractivity contribution in [2.45, 2.75) is 12.6 Å². The van der Waals surface area contributed by atoms with Crippen molar-refractivity contribution < 1.29 is 23.8 Å². The Morgan fingerprint density at radius 2 is 1.92 bits per heavy atom. The van der Waals surface area contributed by atoms with Gasteiger partial charge in [-0.1, -0.05) is 12.1 Å². The Morgan fingerprint density at radius 3 is 2.42 bits per heavy atom. The summed E-state index contributed by atoms with van der Waals surface area (Å²) in [7, 11) is 9.95. The fourth-order valence-electron chi connectivity index (χ4n) is 2.01. The third-order valence-corrected chi connectivity index (χ3v) is 3.47. The fourth-order valence-corrected chi connectivity index (χ4v) is 2.01. The molecule has 1 aromatic carbocycles. The van der Waals surface area contributed by atoms with Crippen LogP contribution in [0.25, 0.3) is 0 Å². The van der Waals surface area contributed by atoms with Crippen LogP contribution < -0.4 is 10.1 Å². The summed E-state index contributed by atoms with van der Waals surface area (Å²) >= 11 is 0. The van der Waals surface area contributed by atoms with Crippen LogP contribution in [0.2, 0.25) is 0 Å². The molecule has 0 aliphatic carbocycles. The molecular weight excluding hydrogens is 311 g/mol. The summed E-state index contributed by atoms with van der Waals surface area (Å²) in [6, 6.07) is 6.82. The molecule has 1 rings (SSSR count). The number of carbonyl (C=O) groups is 2. The Hall–Kier alpha value is -2.06. The molecule has 7 nitrogen and oxygen atoms in total. The Balaban J connectivity index is 2.45. The summed E-state index contributed by atoms with van der Waals surface area (Å²) < 4.78 is 15.2. The zero-order valence-corrected chi connectivity index (χ0v) is 14.3. The van der Waals surface area contributed by atoms with E-state index in [2.05, 4.69) is 10.1 Å². The largest absolute Gasteiger partial charge is 0.497 e. The predicted octanol–water partition coefficient (Wildman–Crippen LogP) is 0.563. The van der Waals surface area contributed by atoms with E-state index in [1.807, 2.05) is 24.3 Å². The number of ether oxygens (including phenoxy) is 3. The smallest absolute Gasteiger partial charge is 0.325 e. The van der Waals surface area contributed by atoms with Gasteiger partial charge in [0.05, 0.1) is 27.4 Å². The number of benzene rings is 1. The van der Waals surface area contributed by atoms with Gasteiger partial charge < -0.3 is 24.4 Å². The molecule has 0 spiro atoms. The van der Waals surface area contributed by atoms with Crippen LogP contribution in [0.15, 0.2) is 24.3 Å². The van der Waals surface area contributed by atoms with Crippen LogP contribution in [-0.2, 0) is 20.8 Å². The van der Waals surface area contributed by atoms with Gasteiger partial charge in [0.15, 0.2) is 5.81 Å². The lowest BCUT2D eigenvalue weighted by atomic mass is 10.1. The molecule has 0 saturated heterocycles. The van der Waals surface area contributed by atoms with E-state index in [0.717, 1.165) is 11.3 Å². The Kier molecular flexibility index (Phi) is 8.89. The second-order valence-corrected chi connectivity index (χ2v) is 5.05. The molecule has 1 N–H and O–H groups in total. The number of carbonyl (C=O) groups excluding carboxylic acids is 2. The highest BCUT2D eigenvalue weighted by molar-refractivity contribution is 6.56. The highest BCUT2D eigenvalue weighted by Gasteiger charge is 2.17. The fraction of sp³-hybridized carbons (Fsp3) is 0.500. The zero-order chi connectivity index (χ0) is 17.9. The van der Waals surface area contributed by atoms with Gasteiger partial charge in [-0.3, -0.25) is 9.59 Å². The molecule has 0 aliphatic heterocycles. The van der Waals surface area contributed by atoms with Crippen molar-refractivity contribution in [1.82, 2.24) is 10.2 Å². The molecule has 0 unspecified atom stereocenters. The average Bonchev–Trinajstić information content (AvgIpc) is 2.60. The van der Waals surface area contributed by atoms with E-state index < -0.39 is 17.8 Å². The van der Waals surface area contributed by atoms with Crippen LogP contribution in [0.4, 0.5) is 4.79 Å². The molecule has 1 aromatic rings. The highest BCUT2D eigenvalue weighted by atomic mass is 16.5. The van der Waals surface area contributed by atoms with Crippen LogP contribution in [0.3, 0.4) is 0 Å². The van der Waals surface area contributed by atoms with Gasteiger partial charge in [-0.05, 0) is 24.7 Å². The van der Waals surface area contributed by atoms with Crippen molar-refractivity contribution in [2.24, 2.45) is 0 Å². The lowest BCUT2D eigenvalue weighted by Gasteiger charge is -2.22. The van der Waals surface area contributed by atoms with Crippen molar-refractivity contribution in [3.8, 4) is 5.75 Å². The molecule has 1 amide bonds. The summed E-state index contributed by atoms with van der Waals surface area (Å²) in [4.78, 5) is 24.4. The second kappa shape index (κ2) is 10.7. The first-order chi connectivity index (χ1) is 11.5. The first-order valence-corrected chi connectivity index (χ1v) is 7.52. The Bertz CT molecular complexity index is 524. The summed E-state index contributed by atoms with van der Waals surface area (Å²) in [5.41, 5.74) is 0.928. The second-order valence-electron chi connectivity index (χ2n) is 5.05. The van der Waals surface area contributed by atoms with Crippen molar-refractivity contribution in [3.63, 3.8) is 0 Å². The number of methoxy groups -OCH3 is 2. The molecule has 8 heteroatoms. The van der Waals surface area contributed by atoms with Gasteiger partial charge in [0.2, 0.25) is 7.85 Å². The van der Waals surface area contributed by atoms with Gasteiger partial charge >= 0.3 is 5.97 Å². The number of esters is 1. The number of hydrogen-bond acceptors (Lipinski definition) is 6. The molecule has 0 bridgehead atoms. The van der Waals surface area contributed by atoms with E-state index in [-0.39, 0.29) is 13.2 Å². The van der Waals surface area contributed by atoms with Crippen LogP contribution in [0, 0.1) is 0 Å². The molecule has 0 aliphatic rings. The first-order valence-electron chi connectivity index (χ1n) is 7.52. The maximum Gasteiger partial charge on any atom is 0.325 e. The summed E-state index contributed by atoms with van der Waals surface area (Å²) in [6.07, 6.45) is 0. The third-order valence-electron chi connectivity index (χ3n) is 3.47. The van der Waals surface area contributed by atoms with Crippen molar-refractivity contribution in [1.29, 1.82) is 0 Å². The molecule has 130 valence electrons. The molecule has 1 atom stereocenters. The van der Waals surface area contributed by atoms with Gasteiger partial charge in [-0.25, -0.2) is 0 Å². The number of nitrogens with one attached hydrogen (secondary N) is 1. The molecule has 2 radical (unpaired) electrons. The summed E-state index contributed by atoms with van der Waals surface area (Å²) in [5.74, 6) is -0.191. The standard InChI is InChI=1S/C16H23BN2O5/c1-18-14(15(20)23-3)11-24-9-8-19(16(17)21)10-12-4-6-13(22-2)7-5-12/h4-7,14,18H,8-11H2,1-3H3/t14-/m1/s1. The van der Waals surface area contributed by atoms with Gasteiger partial charge in [-0.2, -0.15) is 0 Å². The van der Waals surface area contributed by atoms with Crippen LogP contribution >= 0.6 is 0 Å². The van der Waals surface area contributed by atoms with Gasteiger partial charge in [0, 0.05) is 13.1 Å². The quantitative estimate of drug-likeness (QED) is 0.383. The number of rotatable bonds is 10. The van der Waals surface area contributed by atoms with Crippen LogP contribution in [-0.4, -0.2) is 71.6 Å². The van der Waals surface area contributed by atoms with Crippen molar-refractivity contribution in [3.05, 3.63) is 29.8 Å². The molecule has 24 heavy (non-hydrogen) atoms. The molecule has 0 fully saturated rings. The van der Waals surface area contributed by atoms with Crippen molar-refractivity contribution in [2.75, 3.05) is 41.0 Å². The van der Waals surface area contributed by atoms with Crippen LogP contribution in [0.5, 0.6) is 5.75 Å². The predicted molar refractivity (Wildman–Crippen MR) is 90.2 cm³/mol. The van der Waals surface area contributed by atoms with E-state index >= 15 is 0 Å². The minimum atomic E-state index is -0.543. The van der Waals surface area contributed by atoms with E-state index in [1.165, 1.54) is 12.0 Å². The Morgan fingerprint density at radius 1 is 1.25 bits per heavy atom. The van der Waals surface area contributed by atoms with E-state index in [1.54, 1.807) is 14.2 Å². The van der Waals surface area contributed by atoms with E-state index in [0.29, 0.717) is 13.1 Å². The monoisotopic (exact) mass is 334 g/mol. The third kappa shape index (κ3) is 6.60. The first kappa shape index (κ1) is 20.0. The number of likely N-dealkylation sites (N-methyl/N-ethyl adjacent to an activating group) is 1. The number of amides is 1. The lowest BCUT2D eigenvalue weighted by Crippen LogP contribution is -2.40. The lowest BCUT2D eigenvalue weighted by molar-refractivity contribution is -0.144. The summed E-state index contributed by atoms with van der Waals surface area (Å²) in [5, 5.41) is 2.80. The van der Waals surface area contributed by atoms with E-state index in [4.69, 9.17) is 17.3 Å². The maximum atomic E-state index is 11.5. The highest BCUT2D eigenvalue weighted by Crippen LogP contribution is 2.13. The van der Waals surface area contributed by atoms with Gasteiger partial charge in [-0.15, -0.1) is 0 Å². The molecule has 0 heterocycles. The minimum absolute atomic E-state index is 0.151. The number of nitrogens with zero attached hydrogens (tertiary/aromatic N) is 1. The van der Waals surface area contributed by atoms with Crippen molar-refractivity contribution >= 4 is 19.6 Å². The SMILES string of the molecule is [B]C(=O)N(CCOC[C@@H](NC)C(=O)OC)Cc1ccc(OC)cc1. The molecule has 0 aromatic heterocycles. The average molecular weight is 334 g/mol. The Labute approximate surface area is 143 Å². The molecular formula is C16H23BN2O5. The molecule has 0 saturated carbocycles. The van der Waals surface area contributed by atoms with Gasteiger partial charge in [0.1, 0.15) is 11.8 Å². The normalized spacial score (nSPS) is 11.6.